The molecule has 1 rings (SSSR count). The Labute approximate surface area is 157 Å². The molecule has 1 unspecified atom stereocenters. The van der Waals surface area contributed by atoms with Crippen LogP contribution in [0.15, 0.2) is 25.1 Å². The summed E-state index contributed by atoms with van der Waals surface area (Å²) in [5.74, 6) is 0.865. The van der Waals surface area contributed by atoms with E-state index in [1.165, 1.54) is 19.0 Å². The molecular weight excluding hydrogens is 314 g/mol. The summed E-state index contributed by atoms with van der Waals surface area (Å²) in [6.45, 7) is 19.5. The molecule has 0 aromatic rings. The van der Waals surface area contributed by atoms with Gasteiger partial charge in [-0.05, 0) is 39.7 Å². The molecule has 0 aliphatic carbocycles. The third-order valence-corrected chi connectivity index (χ3v) is 2.81. The summed E-state index contributed by atoms with van der Waals surface area (Å²) in [6, 6.07) is 0. The molecule has 1 saturated heterocycles. The molecule has 0 bridgehead atoms. The molecule has 1 aliphatic rings. The molecule has 3 atom stereocenters. The molecule has 0 aromatic heterocycles. The van der Waals surface area contributed by atoms with Crippen LogP contribution in [0.1, 0.15) is 53.9 Å². The van der Waals surface area contributed by atoms with Gasteiger partial charge in [0.15, 0.2) is 0 Å². The summed E-state index contributed by atoms with van der Waals surface area (Å²) >= 11 is 0. The molecule has 0 aromatic carbocycles. The molecule has 1 heterocycles. The zero-order chi connectivity index (χ0) is 21.3. The van der Waals surface area contributed by atoms with Crippen molar-refractivity contribution < 1.29 is 9.53 Å². The summed E-state index contributed by atoms with van der Waals surface area (Å²) in [5, 5.41) is 2.96. The topological polar surface area (TPSA) is 90.4 Å². The van der Waals surface area contributed by atoms with E-state index in [4.69, 9.17) is 21.0 Å². The smallest absolute Gasteiger partial charge is 0.106 e. The molecule has 0 saturated carbocycles. The summed E-state index contributed by atoms with van der Waals surface area (Å²) in [5.41, 5.74) is 11.2. The molecule has 25 heavy (non-hydrogen) atoms. The van der Waals surface area contributed by atoms with Crippen LogP contribution in [0.4, 0.5) is 0 Å². The van der Waals surface area contributed by atoms with E-state index >= 15 is 0 Å². The third kappa shape index (κ3) is 34.5. The van der Waals surface area contributed by atoms with Crippen molar-refractivity contribution in [2.24, 2.45) is 17.4 Å². The lowest BCUT2D eigenvalue weighted by Crippen LogP contribution is -2.27. The molecular formula is C20H43N3O2. The lowest BCUT2D eigenvalue weighted by atomic mass is 9.95. The summed E-state index contributed by atoms with van der Waals surface area (Å²) in [6.07, 6.45) is 13.7. The Bertz CT molecular complexity index is 254. The highest BCUT2D eigenvalue weighted by Gasteiger charge is 2.20. The lowest BCUT2D eigenvalue weighted by molar-refractivity contribution is -0.0980. The standard InChI is InChI=1S/C8H16O.C5H13N3.C2H6.C2H4.C2H2.CH2O/c1-6-4-7(2)9-8(3)5-6;1-8-3-2-5(7)4-6;4*1-2/h6-8H,4-5H2,1-3H3;4,8H,2-3,6-7H2,1H3;1-2H3;1-2H2;1-2H;1H2/b;5-4-;;;;/t6?,7-,8+;;;;;. The predicted octanol–water partition coefficient (Wildman–Crippen LogP) is 3.46. The van der Waals surface area contributed by atoms with E-state index in [9.17, 15) is 0 Å². The number of ether oxygens (including phenoxy) is 1. The minimum absolute atomic E-state index is 0.490. The zero-order valence-corrected chi connectivity index (χ0v) is 17.4. The maximum atomic E-state index is 8.00. The highest BCUT2D eigenvalue weighted by atomic mass is 16.5. The van der Waals surface area contributed by atoms with Crippen LogP contribution in [0, 0.1) is 18.8 Å². The van der Waals surface area contributed by atoms with Crippen molar-refractivity contribution >= 4 is 6.79 Å². The fraction of sp³-hybridized carbons (Fsp3) is 0.650. The van der Waals surface area contributed by atoms with E-state index in [-0.39, 0.29) is 0 Å². The van der Waals surface area contributed by atoms with Gasteiger partial charge in [-0.15, -0.1) is 26.0 Å². The first-order valence-electron chi connectivity index (χ1n) is 8.58. The highest BCUT2D eigenvalue weighted by Crippen LogP contribution is 2.23. The summed E-state index contributed by atoms with van der Waals surface area (Å²) in [4.78, 5) is 8.00. The maximum Gasteiger partial charge on any atom is 0.106 e. The van der Waals surface area contributed by atoms with Crippen molar-refractivity contribution in [3.63, 3.8) is 0 Å². The average molecular weight is 358 g/mol. The monoisotopic (exact) mass is 357 g/mol. The van der Waals surface area contributed by atoms with E-state index in [1.54, 1.807) is 0 Å². The average Bonchev–Trinajstić information content (AvgIpc) is 2.65. The maximum absolute atomic E-state index is 8.00. The van der Waals surface area contributed by atoms with Crippen molar-refractivity contribution in [3.05, 3.63) is 25.1 Å². The van der Waals surface area contributed by atoms with E-state index < -0.39 is 0 Å². The van der Waals surface area contributed by atoms with Gasteiger partial charge in [-0.2, -0.15) is 0 Å². The van der Waals surface area contributed by atoms with E-state index in [1.807, 2.05) is 27.7 Å². The lowest BCUT2D eigenvalue weighted by Gasteiger charge is -2.29. The highest BCUT2D eigenvalue weighted by molar-refractivity contribution is 5.11. The number of carbonyl (C=O) groups is 1. The Morgan fingerprint density at radius 1 is 1.16 bits per heavy atom. The molecule has 0 amide bonds. The Balaban J connectivity index is -0.0000000765. The van der Waals surface area contributed by atoms with E-state index in [0.29, 0.717) is 12.2 Å². The number of hydrogen-bond donors (Lipinski definition) is 3. The van der Waals surface area contributed by atoms with Gasteiger partial charge in [0, 0.05) is 24.9 Å². The Hall–Kier alpha value is -1.77. The quantitative estimate of drug-likeness (QED) is 0.531. The first kappa shape index (κ1) is 34.5. The molecule has 0 spiro atoms. The van der Waals surface area contributed by atoms with Gasteiger partial charge >= 0.3 is 0 Å². The second-order valence-corrected chi connectivity index (χ2v) is 4.93. The van der Waals surface area contributed by atoms with Crippen LogP contribution in [-0.4, -0.2) is 32.6 Å². The summed E-state index contributed by atoms with van der Waals surface area (Å²) in [7, 11) is 1.88. The van der Waals surface area contributed by atoms with Crippen molar-refractivity contribution in [2.45, 2.75) is 66.1 Å². The Morgan fingerprint density at radius 2 is 1.52 bits per heavy atom. The van der Waals surface area contributed by atoms with Gasteiger partial charge in [-0.25, -0.2) is 0 Å². The van der Waals surface area contributed by atoms with Crippen LogP contribution >= 0.6 is 0 Å². The van der Waals surface area contributed by atoms with Gasteiger partial charge in [0.2, 0.25) is 0 Å². The van der Waals surface area contributed by atoms with Crippen molar-refractivity contribution in [2.75, 3.05) is 13.6 Å². The molecule has 1 aliphatic heterocycles. The van der Waals surface area contributed by atoms with Crippen LogP contribution in [0.5, 0.6) is 0 Å². The molecule has 5 heteroatoms. The zero-order valence-electron chi connectivity index (χ0n) is 17.4. The van der Waals surface area contributed by atoms with Crippen LogP contribution in [-0.2, 0) is 9.53 Å². The van der Waals surface area contributed by atoms with Crippen molar-refractivity contribution in [1.82, 2.24) is 5.32 Å². The van der Waals surface area contributed by atoms with Gasteiger partial charge in [-0.1, -0.05) is 20.8 Å². The summed E-state index contributed by atoms with van der Waals surface area (Å²) < 4.78 is 5.56. The van der Waals surface area contributed by atoms with Crippen molar-refractivity contribution in [3.8, 4) is 12.8 Å². The molecule has 0 radical (unpaired) electrons. The number of rotatable bonds is 3. The fourth-order valence-electron chi connectivity index (χ4n) is 2.09. The van der Waals surface area contributed by atoms with Crippen LogP contribution in [0.2, 0.25) is 0 Å². The van der Waals surface area contributed by atoms with Crippen LogP contribution in [0.25, 0.3) is 0 Å². The molecule has 1 fully saturated rings. The Morgan fingerprint density at radius 3 is 1.76 bits per heavy atom. The van der Waals surface area contributed by atoms with E-state index in [2.05, 4.69) is 52.1 Å². The second-order valence-electron chi connectivity index (χ2n) is 4.93. The van der Waals surface area contributed by atoms with Gasteiger partial charge in [0.1, 0.15) is 6.79 Å². The van der Waals surface area contributed by atoms with Crippen LogP contribution in [0.3, 0.4) is 0 Å². The SMILES string of the molecule is C#C.C=C.C=O.CC.CC1C[C@@H](C)O[C@@H](C)C1.CNCC/C(N)=C/N. The number of terminal acetylenes is 1. The van der Waals surface area contributed by atoms with Gasteiger partial charge < -0.3 is 26.3 Å². The third-order valence-electron chi connectivity index (χ3n) is 2.81. The van der Waals surface area contributed by atoms with Crippen molar-refractivity contribution in [1.29, 1.82) is 0 Å². The second kappa shape index (κ2) is 33.7. The fourth-order valence-corrected chi connectivity index (χ4v) is 2.09. The van der Waals surface area contributed by atoms with Gasteiger partial charge in [0.25, 0.3) is 0 Å². The minimum atomic E-state index is 0.490. The first-order valence-corrected chi connectivity index (χ1v) is 8.58. The molecule has 150 valence electrons. The molecule has 5 N–H and O–H groups in total. The van der Waals surface area contributed by atoms with Gasteiger partial charge in [0.05, 0.1) is 12.2 Å². The number of hydrogen-bond acceptors (Lipinski definition) is 5. The predicted molar refractivity (Wildman–Crippen MR) is 113 cm³/mol. The normalized spacial score (nSPS) is 20.6. The number of nitrogens with two attached hydrogens (primary N) is 2. The number of carbonyl (C=O) groups excluding carboxylic acids is 1. The minimum Gasteiger partial charge on any atom is -0.403 e. The Kier molecular flexibility index (Phi) is 46.6. The largest absolute Gasteiger partial charge is 0.403 e. The molecule has 5 nitrogen and oxygen atoms in total. The van der Waals surface area contributed by atoms with E-state index in [0.717, 1.165) is 24.6 Å². The van der Waals surface area contributed by atoms with Gasteiger partial charge in [-0.3, -0.25) is 0 Å². The first-order chi connectivity index (χ1) is 12.0. The van der Waals surface area contributed by atoms with Crippen LogP contribution < -0.4 is 16.8 Å². The number of nitrogens with one attached hydrogen (secondary N) is 1.